The van der Waals surface area contributed by atoms with Gasteiger partial charge in [-0.2, -0.15) is 0 Å². The predicted octanol–water partition coefficient (Wildman–Crippen LogP) is 2.74. The van der Waals surface area contributed by atoms with E-state index in [0.29, 0.717) is 21.7 Å². The van der Waals surface area contributed by atoms with Gasteiger partial charge in [-0.3, -0.25) is 9.59 Å². The van der Waals surface area contributed by atoms with E-state index >= 15 is 0 Å². The summed E-state index contributed by atoms with van der Waals surface area (Å²) < 4.78 is 10.1. The quantitative estimate of drug-likeness (QED) is 0.391. The number of amides is 2. The summed E-state index contributed by atoms with van der Waals surface area (Å²) in [5, 5.41) is 7.35. The van der Waals surface area contributed by atoms with Crippen LogP contribution in [0.2, 0.25) is 0 Å². The highest BCUT2D eigenvalue weighted by Gasteiger charge is 2.26. The molecule has 0 saturated heterocycles. The normalized spacial score (nSPS) is 11.1. The van der Waals surface area contributed by atoms with Crippen LogP contribution in [0.1, 0.15) is 45.0 Å². The molecule has 184 valence electrons. The smallest absolute Gasteiger partial charge is 0.350 e. The van der Waals surface area contributed by atoms with Gasteiger partial charge < -0.3 is 24.6 Å². The molecule has 2 rings (SSSR count). The number of quaternary nitrogens is 1. The molecule has 0 aliphatic heterocycles. The zero-order chi connectivity index (χ0) is 25.5. The molecule has 1 aromatic carbocycles. The number of benzene rings is 1. The van der Waals surface area contributed by atoms with E-state index in [0.717, 1.165) is 5.56 Å². The molecule has 0 radical (unpaired) electrons. The van der Waals surface area contributed by atoms with Gasteiger partial charge in [-0.05, 0) is 43.3 Å². The van der Waals surface area contributed by atoms with Gasteiger partial charge in [0, 0.05) is 6.54 Å². The number of thiophene rings is 1. The fourth-order valence-electron chi connectivity index (χ4n) is 3.26. The average molecular weight is 491 g/mol. The number of nitrogens with zero attached hydrogens (tertiary/aromatic N) is 1. The molecule has 2 aromatic rings. The molecule has 0 aliphatic rings. The van der Waals surface area contributed by atoms with E-state index in [1.165, 1.54) is 18.4 Å². The van der Waals surface area contributed by atoms with Gasteiger partial charge in [0.05, 0.1) is 38.6 Å². The van der Waals surface area contributed by atoms with Crippen LogP contribution < -0.4 is 10.6 Å². The Hall–Kier alpha value is -3.24. The molecule has 2 N–H and O–H groups in total. The highest BCUT2D eigenvalue weighted by atomic mass is 32.1. The molecule has 34 heavy (non-hydrogen) atoms. The minimum atomic E-state index is -0.515. The van der Waals surface area contributed by atoms with Crippen LogP contribution >= 0.6 is 11.3 Å². The van der Waals surface area contributed by atoms with Crippen molar-refractivity contribution in [1.29, 1.82) is 0 Å². The summed E-state index contributed by atoms with van der Waals surface area (Å²) in [7, 11) is 4.80. The predicted molar refractivity (Wildman–Crippen MR) is 130 cm³/mol. The van der Waals surface area contributed by atoms with Gasteiger partial charge in [-0.25, -0.2) is 9.59 Å². The number of carbonyl (C=O) groups excluding carboxylic acids is 4. The third-order valence-corrected chi connectivity index (χ3v) is 5.89. The van der Waals surface area contributed by atoms with Crippen LogP contribution in [0.4, 0.5) is 5.69 Å². The molecule has 0 aliphatic carbocycles. The van der Waals surface area contributed by atoms with Gasteiger partial charge in [0.15, 0.2) is 13.1 Å². The molecule has 0 fully saturated rings. The SMILES string of the molecule is COC(=O)c1scc(C)c1NC(=O)C[N+](C)(C)CC(=O)NCc1ccccc1C(=O)OC(C)C. The standard InChI is InChI=1S/C24H31N3O6S/c1-15(2)33-23(30)18-10-8-7-9-17(18)11-25-19(28)12-27(4,5)13-20(29)26-21-16(3)14-34-22(21)24(31)32-6/h7-10,14-15H,11-13H2,1-6H3,(H-,25,26,28,29,31)/p+1. The Bertz CT molecular complexity index is 1060. The van der Waals surface area contributed by atoms with Crippen molar-refractivity contribution in [1.82, 2.24) is 5.32 Å². The number of rotatable bonds is 10. The molecular formula is C24H32N3O6S+. The topological polar surface area (TPSA) is 111 Å². The number of likely N-dealkylation sites (N-methyl/N-ethyl adjacent to an activating group) is 1. The molecule has 9 nitrogen and oxygen atoms in total. The van der Waals surface area contributed by atoms with Crippen molar-refractivity contribution in [3.05, 3.63) is 51.2 Å². The first-order valence-electron chi connectivity index (χ1n) is 10.8. The third-order valence-electron chi connectivity index (χ3n) is 4.81. The number of nitrogens with one attached hydrogen (secondary N) is 2. The third kappa shape index (κ3) is 7.67. The molecule has 1 aromatic heterocycles. The van der Waals surface area contributed by atoms with E-state index in [2.05, 4.69) is 10.6 Å². The van der Waals surface area contributed by atoms with E-state index in [-0.39, 0.29) is 42.0 Å². The lowest BCUT2D eigenvalue weighted by molar-refractivity contribution is -0.874. The van der Waals surface area contributed by atoms with E-state index in [9.17, 15) is 19.2 Å². The highest BCUT2D eigenvalue weighted by molar-refractivity contribution is 7.12. The molecule has 10 heteroatoms. The molecule has 1 heterocycles. The van der Waals surface area contributed by atoms with E-state index in [1.807, 2.05) is 0 Å². The molecular weight excluding hydrogens is 458 g/mol. The lowest BCUT2D eigenvalue weighted by Crippen LogP contribution is -2.51. The van der Waals surface area contributed by atoms with E-state index in [1.54, 1.807) is 64.5 Å². The minimum absolute atomic E-state index is 0.0145. The molecule has 2 amide bonds. The number of carbonyl (C=O) groups is 4. The van der Waals surface area contributed by atoms with Crippen molar-refractivity contribution in [3.63, 3.8) is 0 Å². The Labute approximate surface area is 203 Å². The fourth-order valence-corrected chi connectivity index (χ4v) is 4.18. The summed E-state index contributed by atoms with van der Waals surface area (Å²) in [6.45, 7) is 5.55. The van der Waals surface area contributed by atoms with Gasteiger partial charge in [-0.15, -0.1) is 11.3 Å². The largest absolute Gasteiger partial charge is 0.465 e. The summed E-state index contributed by atoms with van der Waals surface area (Å²) in [5.41, 5.74) is 2.23. The molecule has 0 unspecified atom stereocenters. The van der Waals surface area contributed by atoms with Gasteiger partial charge in [0.1, 0.15) is 4.88 Å². The Morgan fingerprint density at radius 2 is 1.68 bits per heavy atom. The van der Waals surface area contributed by atoms with E-state index < -0.39 is 11.9 Å². The van der Waals surface area contributed by atoms with Crippen LogP contribution in [0.15, 0.2) is 29.6 Å². The molecule has 0 saturated carbocycles. The number of hydrogen-bond donors (Lipinski definition) is 2. The number of anilines is 1. The first-order valence-corrected chi connectivity index (χ1v) is 11.6. The van der Waals surface area contributed by atoms with Crippen molar-refractivity contribution >= 4 is 40.8 Å². The Morgan fingerprint density at radius 3 is 2.32 bits per heavy atom. The average Bonchev–Trinajstić information content (AvgIpc) is 3.10. The molecule has 0 spiro atoms. The number of methoxy groups -OCH3 is 1. The number of ether oxygens (including phenoxy) is 2. The summed E-state index contributed by atoms with van der Waals surface area (Å²) in [5.74, 6) is -1.56. The number of esters is 2. The second kappa shape index (κ2) is 11.8. The maximum absolute atomic E-state index is 12.7. The fraction of sp³-hybridized carbons (Fsp3) is 0.417. The van der Waals surface area contributed by atoms with Gasteiger partial charge in [0.2, 0.25) is 0 Å². The van der Waals surface area contributed by atoms with Crippen molar-refractivity contribution in [2.45, 2.75) is 33.4 Å². The number of aryl methyl sites for hydroxylation is 1. The molecule has 0 atom stereocenters. The highest BCUT2D eigenvalue weighted by Crippen LogP contribution is 2.28. The second-order valence-electron chi connectivity index (χ2n) is 8.80. The minimum Gasteiger partial charge on any atom is -0.465 e. The zero-order valence-electron chi connectivity index (χ0n) is 20.4. The van der Waals surface area contributed by atoms with Crippen molar-refractivity contribution in [2.75, 3.05) is 39.6 Å². The summed E-state index contributed by atoms with van der Waals surface area (Å²) in [6.07, 6.45) is -0.249. The van der Waals surface area contributed by atoms with Crippen LogP contribution in [0, 0.1) is 6.92 Å². The first-order chi connectivity index (χ1) is 15.9. The van der Waals surface area contributed by atoms with Crippen LogP contribution in [0.5, 0.6) is 0 Å². The summed E-state index contributed by atoms with van der Waals surface area (Å²) in [6, 6.07) is 6.94. The maximum atomic E-state index is 12.7. The van der Waals surface area contributed by atoms with Gasteiger partial charge in [-0.1, -0.05) is 18.2 Å². The van der Waals surface area contributed by atoms with Crippen LogP contribution in [-0.2, 0) is 25.6 Å². The molecule has 0 bridgehead atoms. The van der Waals surface area contributed by atoms with Crippen molar-refractivity contribution in [2.24, 2.45) is 0 Å². The second-order valence-corrected chi connectivity index (χ2v) is 9.68. The van der Waals surface area contributed by atoms with Gasteiger partial charge in [0.25, 0.3) is 11.8 Å². The van der Waals surface area contributed by atoms with Crippen molar-refractivity contribution < 1.29 is 33.1 Å². The maximum Gasteiger partial charge on any atom is 0.350 e. The Morgan fingerprint density at radius 1 is 1.03 bits per heavy atom. The Kier molecular flexibility index (Phi) is 9.34. The van der Waals surface area contributed by atoms with Crippen LogP contribution in [-0.4, -0.2) is 68.6 Å². The van der Waals surface area contributed by atoms with E-state index in [4.69, 9.17) is 9.47 Å². The Balaban J connectivity index is 1.96. The van der Waals surface area contributed by atoms with Crippen LogP contribution in [0.25, 0.3) is 0 Å². The lowest BCUT2D eigenvalue weighted by atomic mass is 10.1. The van der Waals surface area contributed by atoms with Crippen LogP contribution in [0.3, 0.4) is 0 Å². The zero-order valence-corrected chi connectivity index (χ0v) is 21.2. The summed E-state index contributed by atoms with van der Waals surface area (Å²) in [4.78, 5) is 49.8. The first kappa shape index (κ1) is 27.0. The lowest BCUT2D eigenvalue weighted by Gasteiger charge is -2.28. The summed E-state index contributed by atoms with van der Waals surface area (Å²) >= 11 is 1.20. The van der Waals surface area contributed by atoms with Crippen molar-refractivity contribution in [3.8, 4) is 0 Å². The number of hydrogen-bond acceptors (Lipinski definition) is 7. The monoisotopic (exact) mass is 490 g/mol. The van der Waals surface area contributed by atoms with Gasteiger partial charge >= 0.3 is 11.9 Å².